The standard InChI is InChI=1S/C16H26BNO2/c1-6-18-12-11-13-7-9-14(10-8-13)17-19-15(2,3)16(4,5)20-17/h7-10,18H,6,11-12H2,1-5H3. The first-order chi connectivity index (χ1) is 9.36. The van der Waals surface area contributed by atoms with Gasteiger partial charge in [0, 0.05) is 0 Å². The summed E-state index contributed by atoms with van der Waals surface area (Å²) >= 11 is 0. The van der Waals surface area contributed by atoms with Gasteiger partial charge in [-0.3, -0.25) is 0 Å². The monoisotopic (exact) mass is 275 g/mol. The van der Waals surface area contributed by atoms with E-state index in [1.807, 2.05) is 0 Å². The molecule has 1 heterocycles. The van der Waals surface area contributed by atoms with Crippen LogP contribution in [-0.4, -0.2) is 31.4 Å². The van der Waals surface area contributed by atoms with Crippen LogP contribution in [-0.2, 0) is 15.7 Å². The SMILES string of the molecule is CCNCCc1ccc(B2OC(C)(C)C(C)(C)O2)cc1. The predicted molar refractivity (Wildman–Crippen MR) is 84.4 cm³/mol. The maximum Gasteiger partial charge on any atom is 0.494 e. The normalized spacial score (nSPS) is 20.4. The van der Waals surface area contributed by atoms with E-state index in [4.69, 9.17) is 9.31 Å². The molecule has 0 spiro atoms. The van der Waals surface area contributed by atoms with Crippen molar-refractivity contribution in [1.82, 2.24) is 5.32 Å². The van der Waals surface area contributed by atoms with Gasteiger partial charge in [-0.05, 0) is 58.2 Å². The first kappa shape index (κ1) is 15.6. The number of rotatable bonds is 5. The van der Waals surface area contributed by atoms with Crippen LogP contribution in [0.5, 0.6) is 0 Å². The van der Waals surface area contributed by atoms with Crippen LogP contribution in [0.4, 0.5) is 0 Å². The van der Waals surface area contributed by atoms with E-state index in [-0.39, 0.29) is 18.3 Å². The number of nitrogens with one attached hydrogen (secondary N) is 1. The second-order valence-corrected chi connectivity index (χ2v) is 6.43. The fourth-order valence-electron chi connectivity index (χ4n) is 2.23. The highest BCUT2D eigenvalue weighted by Gasteiger charge is 2.51. The molecule has 1 N–H and O–H groups in total. The lowest BCUT2D eigenvalue weighted by Gasteiger charge is -2.32. The van der Waals surface area contributed by atoms with Gasteiger partial charge >= 0.3 is 7.12 Å². The Morgan fingerprint density at radius 2 is 1.55 bits per heavy atom. The smallest absolute Gasteiger partial charge is 0.399 e. The van der Waals surface area contributed by atoms with Gasteiger partial charge in [0.2, 0.25) is 0 Å². The summed E-state index contributed by atoms with van der Waals surface area (Å²) in [5, 5.41) is 3.34. The molecule has 0 bridgehead atoms. The molecule has 0 amide bonds. The number of hydrogen-bond acceptors (Lipinski definition) is 3. The van der Waals surface area contributed by atoms with Crippen LogP contribution < -0.4 is 10.8 Å². The number of benzene rings is 1. The Kier molecular flexibility index (Phi) is 4.57. The van der Waals surface area contributed by atoms with Crippen LogP contribution in [0.1, 0.15) is 40.2 Å². The molecule has 4 heteroatoms. The zero-order valence-electron chi connectivity index (χ0n) is 13.3. The van der Waals surface area contributed by atoms with E-state index in [0.717, 1.165) is 25.0 Å². The molecule has 1 aromatic carbocycles. The van der Waals surface area contributed by atoms with E-state index in [2.05, 4.69) is 64.2 Å². The third-order valence-electron chi connectivity index (χ3n) is 4.35. The average molecular weight is 275 g/mol. The topological polar surface area (TPSA) is 30.5 Å². The molecule has 1 fully saturated rings. The molecule has 0 saturated carbocycles. The molecular weight excluding hydrogens is 249 g/mol. The largest absolute Gasteiger partial charge is 0.494 e. The van der Waals surface area contributed by atoms with Gasteiger partial charge in [-0.15, -0.1) is 0 Å². The number of likely N-dealkylation sites (N-methyl/N-ethyl adjacent to an activating group) is 1. The highest BCUT2D eigenvalue weighted by atomic mass is 16.7. The van der Waals surface area contributed by atoms with Crippen molar-refractivity contribution in [3.63, 3.8) is 0 Å². The van der Waals surface area contributed by atoms with Crippen LogP contribution in [0.2, 0.25) is 0 Å². The van der Waals surface area contributed by atoms with Gasteiger partial charge in [-0.2, -0.15) is 0 Å². The zero-order valence-corrected chi connectivity index (χ0v) is 13.3. The van der Waals surface area contributed by atoms with Crippen molar-refractivity contribution >= 4 is 12.6 Å². The Hall–Kier alpha value is -0.835. The van der Waals surface area contributed by atoms with Gasteiger partial charge < -0.3 is 14.6 Å². The molecule has 0 atom stereocenters. The van der Waals surface area contributed by atoms with Gasteiger partial charge in [0.15, 0.2) is 0 Å². The van der Waals surface area contributed by atoms with E-state index < -0.39 is 0 Å². The Labute approximate surface area is 123 Å². The molecule has 110 valence electrons. The summed E-state index contributed by atoms with van der Waals surface area (Å²) in [6.45, 7) is 12.5. The van der Waals surface area contributed by atoms with Crippen LogP contribution in [0, 0.1) is 0 Å². The number of hydrogen-bond donors (Lipinski definition) is 1. The first-order valence-corrected chi connectivity index (χ1v) is 7.51. The maximum atomic E-state index is 6.05. The molecule has 3 nitrogen and oxygen atoms in total. The van der Waals surface area contributed by atoms with E-state index in [1.165, 1.54) is 5.56 Å². The van der Waals surface area contributed by atoms with E-state index in [1.54, 1.807) is 0 Å². The Bertz CT molecular complexity index is 426. The average Bonchev–Trinajstić information content (AvgIpc) is 2.60. The summed E-state index contributed by atoms with van der Waals surface area (Å²) in [6, 6.07) is 8.56. The highest BCUT2D eigenvalue weighted by Crippen LogP contribution is 2.36. The van der Waals surface area contributed by atoms with Crippen molar-refractivity contribution < 1.29 is 9.31 Å². The van der Waals surface area contributed by atoms with Crippen molar-refractivity contribution in [2.45, 2.75) is 52.2 Å². The first-order valence-electron chi connectivity index (χ1n) is 7.51. The predicted octanol–water partition coefficient (Wildman–Crippen LogP) is 2.14. The quantitative estimate of drug-likeness (QED) is 0.659. The minimum atomic E-state index is -0.276. The molecule has 0 radical (unpaired) electrons. The summed E-state index contributed by atoms with van der Waals surface area (Å²) in [5.41, 5.74) is 1.88. The molecule has 0 unspecified atom stereocenters. The van der Waals surface area contributed by atoms with Gasteiger partial charge in [0.1, 0.15) is 0 Å². The zero-order chi connectivity index (χ0) is 14.8. The fourth-order valence-corrected chi connectivity index (χ4v) is 2.23. The summed E-state index contributed by atoms with van der Waals surface area (Å²) in [6.07, 6.45) is 1.05. The molecule has 1 aliphatic heterocycles. The van der Waals surface area contributed by atoms with Crippen LogP contribution in [0.25, 0.3) is 0 Å². The molecular formula is C16H26BNO2. The van der Waals surface area contributed by atoms with E-state index >= 15 is 0 Å². The van der Waals surface area contributed by atoms with Crippen LogP contribution in [0.3, 0.4) is 0 Å². The lowest BCUT2D eigenvalue weighted by atomic mass is 9.79. The molecule has 1 aromatic rings. The lowest BCUT2D eigenvalue weighted by Crippen LogP contribution is -2.41. The maximum absolute atomic E-state index is 6.05. The van der Waals surface area contributed by atoms with Gasteiger partial charge in [0.25, 0.3) is 0 Å². The van der Waals surface area contributed by atoms with Gasteiger partial charge in [-0.25, -0.2) is 0 Å². The van der Waals surface area contributed by atoms with Gasteiger partial charge in [0.05, 0.1) is 11.2 Å². The van der Waals surface area contributed by atoms with Crippen LogP contribution >= 0.6 is 0 Å². The van der Waals surface area contributed by atoms with Crippen molar-refractivity contribution in [3.8, 4) is 0 Å². The Morgan fingerprint density at radius 3 is 2.05 bits per heavy atom. The summed E-state index contributed by atoms with van der Waals surface area (Å²) in [5.74, 6) is 0. The third kappa shape index (κ3) is 3.25. The van der Waals surface area contributed by atoms with Crippen molar-refractivity contribution in [2.75, 3.05) is 13.1 Å². The molecule has 0 aliphatic carbocycles. The minimum absolute atomic E-state index is 0.261. The molecule has 0 aromatic heterocycles. The highest BCUT2D eigenvalue weighted by molar-refractivity contribution is 6.62. The Morgan fingerprint density at radius 1 is 1.00 bits per heavy atom. The van der Waals surface area contributed by atoms with Crippen molar-refractivity contribution in [1.29, 1.82) is 0 Å². The summed E-state index contributed by atoms with van der Waals surface area (Å²) < 4.78 is 12.1. The second kappa shape index (κ2) is 5.88. The van der Waals surface area contributed by atoms with E-state index in [0.29, 0.717) is 0 Å². The molecule has 2 rings (SSSR count). The van der Waals surface area contributed by atoms with Gasteiger partial charge in [-0.1, -0.05) is 31.2 Å². The van der Waals surface area contributed by atoms with Crippen molar-refractivity contribution in [2.24, 2.45) is 0 Å². The second-order valence-electron chi connectivity index (χ2n) is 6.43. The summed E-state index contributed by atoms with van der Waals surface area (Å²) in [4.78, 5) is 0. The Balaban J connectivity index is 2.01. The fraction of sp³-hybridized carbons (Fsp3) is 0.625. The molecule has 20 heavy (non-hydrogen) atoms. The van der Waals surface area contributed by atoms with E-state index in [9.17, 15) is 0 Å². The minimum Gasteiger partial charge on any atom is -0.399 e. The van der Waals surface area contributed by atoms with Crippen molar-refractivity contribution in [3.05, 3.63) is 29.8 Å². The lowest BCUT2D eigenvalue weighted by molar-refractivity contribution is 0.00578. The molecule has 1 saturated heterocycles. The molecule has 1 aliphatic rings. The van der Waals surface area contributed by atoms with Crippen LogP contribution in [0.15, 0.2) is 24.3 Å². The third-order valence-corrected chi connectivity index (χ3v) is 4.35. The summed E-state index contributed by atoms with van der Waals surface area (Å²) in [7, 11) is -0.261.